The molecule has 1 heterocycles. The first-order valence-corrected chi connectivity index (χ1v) is 11.2. The second-order valence-corrected chi connectivity index (χ2v) is 8.97. The summed E-state index contributed by atoms with van der Waals surface area (Å²) in [5.74, 6) is -0.0366. The number of nitrogens with zero attached hydrogens (tertiary/aromatic N) is 2. The van der Waals surface area contributed by atoms with Gasteiger partial charge in [0.2, 0.25) is 15.9 Å². The number of hydrogen-bond donors (Lipinski definition) is 2. The van der Waals surface area contributed by atoms with Gasteiger partial charge in [-0.2, -0.15) is 13.5 Å². The number of benzene rings is 2. The Balaban J connectivity index is 1.79. The summed E-state index contributed by atoms with van der Waals surface area (Å²) in [7, 11) is -2.42. The summed E-state index contributed by atoms with van der Waals surface area (Å²) in [6.07, 6.45) is 0. The predicted octanol–water partition coefficient (Wildman–Crippen LogP) is 2.32. The van der Waals surface area contributed by atoms with E-state index in [-0.39, 0.29) is 17.4 Å². The number of amides is 1. The van der Waals surface area contributed by atoms with Crippen LogP contribution in [0.3, 0.4) is 0 Å². The zero-order chi connectivity index (χ0) is 21.0. The van der Waals surface area contributed by atoms with Crippen molar-refractivity contribution >= 4 is 38.7 Å². The van der Waals surface area contributed by atoms with Gasteiger partial charge in [0.25, 0.3) is 0 Å². The zero-order valence-electron chi connectivity index (χ0n) is 16.2. The number of methoxy groups -OCH3 is 1. The summed E-state index contributed by atoms with van der Waals surface area (Å²) in [6, 6.07) is 11.1. The van der Waals surface area contributed by atoms with Crippen LogP contribution in [0.2, 0.25) is 0 Å². The van der Waals surface area contributed by atoms with Crippen LogP contribution in [0.25, 0.3) is 11.0 Å². The molecule has 3 rings (SSSR count). The third kappa shape index (κ3) is 4.72. The number of fused-ring (bicyclic) bond motifs is 1. The summed E-state index contributed by atoms with van der Waals surface area (Å²) in [4.78, 5) is 12.8. The van der Waals surface area contributed by atoms with Gasteiger partial charge >= 0.3 is 0 Å². The Morgan fingerprint density at radius 2 is 1.90 bits per heavy atom. The Hall–Kier alpha value is -2.56. The molecule has 0 aliphatic heterocycles. The Bertz CT molecular complexity index is 1110. The Morgan fingerprint density at radius 3 is 2.62 bits per heavy atom. The number of ether oxygens (including phenoxy) is 1. The molecule has 8 nitrogen and oxygen atoms in total. The molecule has 0 fully saturated rings. The molecular formula is C19H22N4O4S2. The second-order valence-electron chi connectivity index (χ2n) is 6.76. The number of rotatable bonds is 8. The molecule has 0 radical (unpaired) electrons. The van der Waals surface area contributed by atoms with Gasteiger partial charge in [-0.1, -0.05) is 38.1 Å². The van der Waals surface area contributed by atoms with Crippen LogP contribution in [-0.2, 0) is 21.4 Å². The summed E-state index contributed by atoms with van der Waals surface area (Å²) < 4.78 is 41.9. The van der Waals surface area contributed by atoms with Gasteiger partial charge in [0.15, 0.2) is 0 Å². The zero-order valence-corrected chi connectivity index (χ0v) is 17.9. The number of nitrogens with one attached hydrogen (secondary N) is 2. The Morgan fingerprint density at radius 1 is 1.14 bits per heavy atom. The number of aromatic nitrogens is 2. The standard InChI is InChI=1S/C19H22N4O4S2/c1-12(2)17(19(24)20-11-13-7-4-5-9-15(13)27-3)23-29(25,26)16-10-6-8-14-18(16)22-28-21-14/h4-10,12,17,23H,11H2,1-3H3,(H,20,24)/t17-/m1/s1. The number of carbonyl (C=O) groups is 1. The van der Waals surface area contributed by atoms with Gasteiger partial charge in [-0.15, -0.1) is 0 Å². The van der Waals surface area contributed by atoms with Gasteiger partial charge in [-0.3, -0.25) is 4.79 Å². The van der Waals surface area contributed by atoms with E-state index >= 15 is 0 Å². The van der Waals surface area contributed by atoms with Crippen molar-refractivity contribution < 1.29 is 17.9 Å². The predicted molar refractivity (Wildman–Crippen MR) is 111 cm³/mol. The van der Waals surface area contributed by atoms with E-state index in [2.05, 4.69) is 18.8 Å². The first-order chi connectivity index (χ1) is 13.8. The van der Waals surface area contributed by atoms with Crippen LogP contribution in [0, 0.1) is 5.92 Å². The molecule has 2 N–H and O–H groups in total. The van der Waals surface area contributed by atoms with Gasteiger partial charge in [0.1, 0.15) is 27.7 Å². The molecule has 154 valence electrons. The summed E-state index contributed by atoms with van der Waals surface area (Å²) in [6.45, 7) is 3.78. The molecule has 10 heteroatoms. The van der Waals surface area contributed by atoms with Crippen LogP contribution in [0.5, 0.6) is 5.75 Å². The van der Waals surface area contributed by atoms with Crippen LogP contribution < -0.4 is 14.8 Å². The Kier molecular flexibility index (Phi) is 6.46. The quantitative estimate of drug-likeness (QED) is 0.563. The largest absolute Gasteiger partial charge is 0.496 e. The average Bonchev–Trinajstić information content (AvgIpc) is 3.19. The van der Waals surface area contributed by atoms with Crippen molar-refractivity contribution in [3.63, 3.8) is 0 Å². The molecule has 3 aromatic rings. The average molecular weight is 435 g/mol. The smallest absolute Gasteiger partial charge is 0.243 e. The molecule has 0 aliphatic rings. The second kappa shape index (κ2) is 8.85. The van der Waals surface area contributed by atoms with Crippen molar-refractivity contribution in [2.75, 3.05) is 7.11 Å². The van der Waals surface area contributed by atoms with Crippen molar-refractivity contribution in [3.05, 3.63) is 48.0 Å². The molecule has 0 aliphatic carbocycles. The van der Waals surface area contributed by atoms with E-state index in [1.54, 1.807) is 39.2 Å². The first kappa shape index (κ1) is 21.2. The fourth-order valence-corrected chi connectivity index (χ4v) is 4.97. The van der Waals surface area contributed by atoms with Gasteiger partial charge in [-0.25, -0.2) is 8.42 Å². The monoisotopic (exact) mass is 434 g/mol. The van der Waals surface area contributed by atoms with Crippen LogP contribution in [0.1, 0.15) is 19.4 Å². The number of para-hydroxylation sites is 1. The first-order valence-electron chi connectivity index (χ1n) is 8.96. The van der Waals surface area contributed by atoms with Gasteiger partial charge < -0.3 is 10.1 Å². The Labute approximate surface area is 173 Å². The third-order valence-corrected chi connectivity index (χ3v) is 6.43. The molecule has 0 unspecified atom stereocenters. The lowest BCUT2D eigenvalue weighted by Gasteiger charge is -2.22. The number of hydrogen-bond acceptors (Lipinski definition) is 7. The van der Waals surface area contributed by atoms with Crippen LogP contribution in [0.15, 0.2) is 47.4 Å². The molecule has 2 aromatic carbocycles. The normalized spacial score (nSPS) is 12.8. The maximum atomic E-state index is 13.0. The molecule has 1 aromatic heterocycles. The van der Waals surface area contributed by atoms with Gasteiger partial charge in [0, 0.05) is 12.1 Å². The van der Waals surface area contributed by atoms with E-state index in [0.717, 1.165) is 17.3 Å². The summed E-state index contributed by atoms with van der Waals surface area (Å²) in [5, 5.41) is 2.79. The molecule has 0 bridgehead atoms. The highest BCUT2D eigenvalue weighted by Gasteiger charge is 2.30. The maximum Gasteiger partial charge on any atom is 0.243 e. The minimum atomic E-state index is -3.97. The fourth-order valence-electron chi connectivity index (χ4n) is 2.86. The topological polar surface area (TPSA) is 110 Å². The van der Waals surface area contributed by atoms with Crippen LogP contribution >= 0.6 is 11.7 Å². The van der Waals surface area contributed by atoms with Crippen molar-refractivity contribution in [2.45, 2.75) is 31.3 Å². The molecule has 29 heavy (non-hydrogen) atoms. The molecule has 1 amide bonds. The minimum absolute atomic E-state index is 0.00642. The lowest BCUT2D eigenvalue weighted by molar-refractivity contribution is -0.123. The minimum Gasteiger partial charge on any atom is -0.496 e. The summed E-state index contributed by atoms with van der Waals surface area (Å²) in [5.41, 5.74) is 1.59. The molecule has 1 atom stereocenters. The van der Waals surface area contributed by atoms with Crippen molar-refractivity contribution in [1.82, 2.24) is 18.8 Å². The number of sulfonamides is 1. The van der Waals surface area contributed by atoms with E-state index in [1.807, 2.05) is 18.2 Å². The fraction of sp³-hybridized carbons (Fsp3) is 0.316. The molecule has 0 spiro atoms. The highest BCUT2D eigenvalue weighted by Crippen LogP contribution is 2.22. The van der Waals surface area contributed by atoms with Crippen molar-refractivity contribution in [1.29, 1.82) is 0 Å². The highest BCUT2D eigenvalue weighted by molar-refractivity contribution is 7.89. The van der Waals surface area contributed by atoms with Crippen molar-refractivity contribution in [2.24, 2.45) is 5.92 Å². The van der Waals surface area contributed by atoms with Crippen LogP contribution in [-0.4, -0.2) is 36.2 Å². The van der Waals surface area contributed by atoms with E-state index in [0.29, 0.717) is 16.8 Å². The van der Waals surface area contributed by atoms with E-state index in [4.69, 9.17) is 4.74 Å². The third-order valence-electron chi connectivity index (χ3n) is 4.42. The molecule has 0 saturated heterocycles. The van der Waals surface area contributed by atoms with Crippen molar-refractivity contribution in [3.8, 4) is 5.75 Å². The lowest BCUT2D eigenvalue weighted by atomic mass is 10.0. The summed E-state index contributed by atoms with van der Waals surface area (Å²) >= 11 is 0.940. The maximum absolute atomic E-state index is 13.0. The molecule has 0 saturated carbocycles. The van der Waals surface area contributed by atoms with Gasteiger partial charge in [-0.05, 0) is 24.1 Å². The highest BCUT2D eigenvalue weighted by atomic mass is 32.2. The number of carbonyl (C=O) groups excluding carboxylic acids is 1. The lowest BCUT2D eigenvalue weighted by Crippen LogP contribution is -2.49. The van der Waals surface area contributed by atoms with Crippen LogP contribution in [0.4, 0.5) is 0 Å². The van der Waals surface area contributed by atoms with E-state index in [9.17, 15) is 13.2 Å². The molecular weight excluding hydrogens is 412 g/mol. The SMILES string of the molecule is COc1ccccc1CNC(=O)[C@H](NS(=O)(=O)c1cccc2nsnc12)C(C)C. The van der Waals surface area contributed by atoms with Gasteiger partial charge in [0.05, 0.1) is 18.8 Å². The van der Waals surface area contributed by atoms with E-state index in [1.165, 1.54) is 6.07 Å². The van der Waals surface area contributed by atoms with E-state index < -0.39 is 22.0 Å².